The third-order valence-corrected chi connectivity index (χ3v) is 3.16. The molecule has 6 heteroatoms. The predicted molar refractivity (Wildman–Crippen MR) is 67.8 cm³/mol. The molecule has 1 rings (SSSR count). The van der Waals surface area contributed by atoms with Crippen LogP contribution in [0.15, 0.2) is 22.7 Å². The summed E-state index contributed by atoms with van der Waals surface area (Å²) in [5.41, 5.74) is 0.0659. The van der Waals surface area contributed by atoms with E-state index in [1.807, 2.05) is 11.8 Å². The van der Waals surface area contributed by atoms with Gasteiger partial charge in [0.2, 0.25) is 0 Å². The Kier molecular flexibility index (Phi) is 5.13. The normalized spacial score (nSPS) is 11.6. The predicted octanol–water partition coefficient (Wildman–Crippen LogP) is 4.53. The Morgan fingerprint density at radius 3 is 2.41 bits per heavy atom. The van der Waals surface area contributed by atoms with Gasteiger partial charge in [-0.2, -0.15) is 13.2 Å². The van der Waals surface area contributed by atoms with Crippen molar-refractivity contribution in [1.29, 1.82) is 0 Å². The van der Waals surface area contributed by atoms with Crippen LogP contribution in [-0.2, 0) is 6.18 Å². The van der Waals surface area contributed by atoms with Gasteiger partial charge < -0.3 is 4.90 Å². The molecule has 0 radical (unpaired) electrons. The van der Waals surface area contributed by atoms with E-state index in [-0.39, 0.29) is 0 Å². The summed E-state index contributed by atoms with van der Waals surface area (Å²) >= 11 is 8.81. The van der Waals surface area contributed by atoms with Crippen LogP contribution in [0.25, 0.3) is 0 Å². The summed E-state index contributed by atoms with van der Waals surface area (Å²) in [4.78, 5) is 1.91. The zero-order valence-corrected chi connectivity index (χ0v) is 11.5. The molecule has 0 saturated heterocycles. The molecule has 0 saturated carbocycles. The molecule has 1 aromatic carbocycles. The number of hydrogen-bond donors (Lipinski definition) is 0. The van der Waals surface area contributed by atoms with Gasteiger partial charge in [0.25, 0.3) is 0 Å². The van der Waals surface area contributed by atoms with Crippen molar-refractivity contribution in [2.24, 2.45) is 0 Å². The number of anilines is 1. The lowest BCUT2D eigenvalue weighted by Crippen LogP contribution is -2.25. The van der Waals surface area contributed by atoms with Crippen molar-refractivity contribution in [2.45, 2.75) is 13.1 Å². The van der Waals surface area contributed by atoms with Crippen molar-refractivity contribution in [3.63, 3.8) is 0 Å². The zero-order valence-electron chi connectivity index (χ0n) is 9.19. The Hall–Kier alpha value is -0.420. The average Bonchev–Trinajstić information content (AvgIpc) is 2.25. The maximum absolute atomic E-state index is 12.5. The molecule has 17 heavy (non-hydrogen) atoms. The molecule has 0 aliphatic carbocycles. The maximum Gasteiger partial charge on any atom is 0.416 e. The van der Waals surface area contributed by atoms with E-state index < -0.39 is 11.7 Å². The molecular weight excluding hydrogens is 318 g/mol. The Balaban J connectivity index is 3.04. The molecular formula is C11H12BrClF3N. The highest BCUT2D eigenvalue weighted by atomic mass is 79.9. The first-order valence-corrected chi connectivity index (χ1v) is 6.40. The highest BCUT2D eigenvalue weighted by molar-refractivity contribution is 9.10. The monoisotopic (exact) mass is 329 g/mol. The fourth-order valence-corrected chi connectivity index (χ4v) is 2.32. The first-order valence-electron chi connectivity index (χ1n) is 5.07. The number of alkyl halides is 4. The molecule has 0 heterocycles. The molecule has 0 fully saturated rings. The van der Waals surface area contributed by atoms with Crippen molar-refractivity contribution < 1.29 is 13.2 Å². The smallest absolute Gasteiger partial charge is 0.370 e. The standard InChI is InChI=1S/C11H12BrClF3N/c1-2-17(6-5-13)10-4-3-8(7-9(10)12)11(14,15)16/h3-4,7H,2,5-6H2,1H3. The van der Waals surface area contributed by atoms with Gasteiger partial charge in [0.1, 0.15) is 0 Å². The van der Waals surface area contributed by atoms with Gasteiger partial charge in [-0.3, -0.25) is 0 Å². The SMILES string of the molecule is CCN(CCCl)c1ccc(C(F)(F)F)cc1Br. The third kappa shape index (κ3) is 3.78. The fraction of sp³-hybridized carbons (Fsp3) is 0.455. The molecule has 0 bridgehead atoms. The summed E-state index contributed by atoms with van der Waals surface area (Å²) in [5.74, 6) is 0.432. The molecule has 96 valence electrons. The first-order chi connectivity index (χ1) is 7.90. The van der Waals surface area contributed by atoms with Crippen LogP contribution in [0, 0.1) is 0 Å². The van der Waals surface area contributed by atoms with Crippen molar-refractivity contribution in [3.05, 3.63) is 28.2 Å². The molecule has 0 spiro atoms. The minimum absolute atomic E-state index is 0.430. The van der Waals surface area contributed by atoms with E-state index in [9.17, 15) is 13.2 Å². The van der Waals surface area contributed by atoms with E-state index in [1.165, 1.54) is 6.07 Å². The lowest BCUT2D eigenvalue weighted by molar-refractivity contribution is -0.137. The number of rotatable bonds is 4. The molecule has 0 N–H and O–H groups in total. The van der Waals surface area contributed by atoms with Gasteiger partial charge in [-0.15, -0.1) is 11.6 Å². The van der Waals surface area contributed by atoms with Crippen LogP contribution in [-0.4, -0.2) is 19.0 Å². The van der Waals surface area contributed by atoms with Crippen LogP contribution in [0.2, 0.25) is 0 Å². The Morgan fingerprint density at radius 2 is 2.00 bits per heavy atom. The van der Waals surface area contributed by atoms with E-state index >= 15 is 0 Å². The van der Waals surface area contributed by atoms with E-state index in [4.69, 9.17) is 11.6 Å². The lowest BCUT2D eigenvalue weighted by Gasteiger charge is -2.23. The van der Waals surface area contributed by atoms with E-state index in [0.29, 0.717) is 23.4 Å². The third-order valence-electron chi connectivity index (χ3n) is 2.35. The Bertz CT molecular complexity index is 381. The molecule has 1 aromatic rings. The number of benzene rings is 1. The summed E-state index contributed by atoms with van der Waals surface area (Å²) in [7, 11) is 0. The van der Waals surface area contributed by atoms with Crippen LogP contribution in [0.4, 0.5) is 18.9 Å². The minimum Gasteiger partial charge on any atom is -0.370 e. The maximum atomic E-state index is 12.5. The van der Waals surface area contributed by atoms with Crippen molar-refractivity contribution in [1.82, 2.24) is 0 Å². The summed E-state index contributed by atoms with van der Waals surface area (Å²) in [5, 5.41) is 0. The first kappa shape index (κ1) is 14.6. The number of nitrogens with zero attached hydrogens (tertiary/aromatic N) is 1. The summed E-state index contributed by atoms with van der Waals surface area (Å²) < 4.78 is 37.9. The second kappa shape index (κ2) is 5.96. The van der Waals surface area contributed by atoms with Crippen LogP contribution in [0.1, 0.15) is 12.5 Å². The van der Waals surface area contributed by atoms with Crippen LogP contribution in [0.5, 0.6) is 0 Å². The second-order valence-electron chi connectivity index (χ2n) is 3.43. The molecule has 0 aliphatic rings. The number of hydrogen-bond acceptors (Lipinski definition) is 1. The van der Waals surface area contributed by atoms with Crippen molar-refractivity contribution in [2.75, 3.05) is 23.9 Å². The van der Waals surface area contributed by atoms with E-state index in [0.717, 1.165) is 17.8 Å². The highest BCUT2D eigenvalue weighted by Gasteiger charge is 2.31. The fourth-order valence-electron chi connectivity index (χ4n) is 1.49. The van der Waals surface area contributed by atoms with Gasteiger partial charge in [0, 0.05) is 23.4 Å². The second-order valence-corrected chi connectivity index (χ2v) is 4.66. The van der Waals surface area contributed by atoms with Crippen LogP contribution < -0.4 is 4.90 Å². The molecule has 0 unspecified atom stereocenters. The Morgan fingerprint density at radius 1 is 1.35 bits per heavy atom. The Labute approximate surface area is 112 Å². The molecule has 0 aromatic heterocycles. The lowest BCUT2D eigenvalue weighted by atomic mass is 10.2. The molecule has 1 nitrogen and oxygen atoms in total. The van der Waals surface area contributed by atoms with Gasteiger partial charge in [-0.05, 0) is 41.1 Å². The van der Waals surface area contributed by atoms with Crippen LogP contribution in [0.3, 0.4) is 0 Å². The van der Waals surface area contributed by atoms with Gasteiger partial charge in [-0.25, -0.2) is 0 Å². The quantitative estimate of drug-likeness (QED) is 0.733. The van der Waals surface area contributed by atoms with Gasteiger partial charge in [0.15, 0.2) is 0 Å². The van der Waals surface area contributed by atoms with E-state index in [2.05, 4.69) is 15.9 Å². The van der Waals surface area contributed by atoms with Crippen molar-refractivity contribution >= 4 is 33.2 Å². The average molecular weight is 331 g/mol. The summed E-state index contributed by atoms with van der Waals surface area (Å²) in [6.45, 7) is 3.22. The topological polar surface area (TPSA) is 3.24 Å². The highest BCUT2D eigenvalue weighted by Crippen LogP contribution is 2.35. The van der Waals surface area contributed by atoms with Gasteiger partial charge in [-0.1, -0.05) is 0 Å². The van der Waals surface area contributed by atoms with Crippen molar-refractivity contribution in [3.8, 4) is 0 Å². The zero-order chi connectivity index (χ0) is 13.1. The molecule has 0 amide bonds. The van der Waals surface area contributed by atoms with Gasteiger partial charge in [0.05, 0.1) is 11.3 Å². The largest absolute Gasteiger partial charge is 0.416 e. The van der Waals surface area contributed by atoms with Gasteiger partial charge >= 0.3 is 6.18 Å². The molecule has 0 atom stereocenters. The van der Waals surface area contributed by atoms with Crippen LogP contribution >= 0.6 is 27.5 Å². The molecule has 0 aliphatic heterocycles. The van der Waals surface area contributed by atoms with E-state index in [1.54, 1.807) is 0 Å². The summed E-state index contributed by atoms with van der Waals surface area (Å²) in [6, 6.07) is 3.63. The minimum atomic E-state index is -4.31. The number of halogens is 5. The summed E-state index contributed by atoms with van der Waals surface area (Å²) in [6.07, 6.45) is -4.31.